The molecule has 0 fully saturated rings. The summed E-state index contributed by atoms with van der Waals surface area (Å²) in [4.78, 5) is 16.3. The molecule has 0 spiro atoms. The summed E-state index contributed by atoms with van der Waals surface area (Å²) < 4.78 is 7.09. The van der Waals surface area contributed by atoms with Crippen LogP contribution in [0.25, 0.3) is 5.65 Å². The van der Waals surface area contributed by atoms with E-state index in [1.165, 1.54) is 6.07 Å². The highest BCUT2D eigenvalue weighted by Gasteiger charge is 2.12. The molecular weight excluding hydrogens is 268 g/mol. The molecular formula is C15H14N4O2. The summed E-state index contributed by atoms with van der Waals surface area (Å²) in [6, 6.07) is 10.4. The van der Waals surface area contributed by atoms with E-state index in [4.69, 9.17) is 16.2 Å². The lowest BCUT2D eigenvalue weighted by atomic mass is 10.1. The first-order valence-electron chi connectivity index (χ1n) is 6.38. The van der Waals surface area contributed by atoms with Crippen molar-refractivity contribution in [2.45, 2.75) is 6.61 Å². The van der Waals surface area contributed by atoms with Gasteiger partial charge in [0.25, 0.3) is 0 Å². The standard InChI is InChI=1S/C15H14N4O2/c16-10-4-5-12(13(17)7-10)15(20)21-9-11-8-19-6-2-1-3-14(19)18-11/h1-8H,9,16-17H2. The van der Waals surface area contributed by atoms with E-state index in [0.29, 0.717) is 22.6 Å². The van der Waals surface area contributed by atoms with E-state index in [1.54, 1.807) is 12.1 Å². The van der Waals surface area contributed by atoms with Gasteiger partial charge in [-0.15, -0.1) is 0 Å². The molecule has 4 N–H and O–H groups in total. The summed E-state index contributed by atoms with van der Waals surface area (Å²) in [5.74, 6) is -0.496. The molecule has 0 aliphatic carbocycles. The van der Waals surface area contributed by atoms with E-state index in [0.717, 1.165) is 5.65 Å². The van der Waals surface area contributed by atoms with Crippen LogP contribution in [0.5, 0.6) is 0 Å². The molecule has 1 aromatic carbocycles. The first-order valence-corrected chi connectivity index (χ1v) is 6.38. The van der Waals surface area contributed by atoms with Crippen molar-refractivity contribution in [1.82, 2.24) is 9.38 Å². The van der Waals surface area contributed by atoms with Gasteiger partial charge in [0.05, 0.1) is 11.3 Å². The van der Waals surface area contributed by atoms with E-state index < -0.39 is 5.97 Å². The van der Waals surface area contributed by atoms with Gasteiger partial charge in [-0.05, 0) is 30.3 Å². The summed E-state index contributed by atoms with van der Waals surface area (Å²) in [5, 5.41) is 0. The Morgan fingerprint density at radius 1 is 1.24 bits per heavy atom. The summed E-state index contributed by atoms with van der Waals surface area (Å²) in [5.41, 5.74) is 13.9. The van der Waals surface area contributed by atoms with E-state index >= 15 is 0 Å². The molecule has 0 bridgehead atoms. The Labute approximate surface area is 121 Å². The number of ether oxygens (including phenoxy) is 1. The third-order valence-electron chi connectivity index (χ3n) is 3.06. The lowest BCUT2D eigenvalue weighted by Crippen LogP contribution is -2.08. The maximum absolute atomic E-state index is 12.0. The largest absolute Gasteiger partial charge is 0.455 e. The number of pyridine rings is 1. The highest BCUT2D eigenvalue weighted by Crippen LogP contribution is 2.17. The Balaban J connectivity index is 1.73. The topological polar surface area (TPSA) is 95.6 Å². The number of carbonyl (C=O) groups excluding carboxylic acids is 1. The summed E-state index contributed by atoms with van der Waals surface area (Å²) >= 11 is 0. The van der Waals surface area contributed by atoms with Crippen molar-refractivity contribution >= 4 is 23.0 Å². The number of fused-ring (bicyclic) bond motifs is 1. The van der Waals surface area contributed by atoms with Crippen LogP contribution in [-0.4, -0.2) is 15.4 Å². The van der Waals surface area contributed by atoms with Crippen LogP contribution in [0, 0.1) is 0 Å². The number of hydrogen-bond acceptors (Lipinski definition) is 5. The minimum absolute atomic E-state index is 0.0876. The van der Waals surface area contributed by atoms with Crippen molar-refractivity contribution in [2.75, 3.05) is 11.5 Å². The second kappa shape index (κ2) is 5.16. The zero-order valence-corrected chi connectivity index (χ0v) is 11.2. The number of nitrogen functional groups attached to an aromatic ring is 2. The van der Waals surface area contributed by atoms with E-state index in [9.17, 15) is 4.79 Å². The van der Waals surface area contributed by atoms with E-state index in [-0.39, 0.29) is 6.61 Å². The van der Waals surface area contributed by atoms with Crippen molar-refractivity contribution in [2.24, 2.45) is 0 Å². The molecule has 21 heavy (non-hydrogen) atoms. The van der Waals surface area contributed by atoms with Gasteiger partial charge in [0.1, 0.15) is 12.3 Å². The van der Waals surface area contributed by atoms with Crippen LogP contribution < -0.4 is 11.5 Å². The maximum atomic E-state index is 12.0. The number of rotatable bonds is 3. The third kappa shape index (κ3) is 2.64. The van der Waals surface area contributed by atoms with Crippen molar-refractivity contribution in [3.8, 4) is 0 Å². The Kier molecular flexibility index (Phi) is 3.19. The van der Waals surface area contributed by atoms with Crippen molar-refractivity contribution in [3.05, 3.63) is 60.0 Å². The van der Waals surface area contributed by atoms with Gasteiger partial charge in [0.15, 0.2) is 0 Å². The minimum atomic E-state index is -0.496. The van der Waals surface area contributed by atoms with Gasteiger partial charge < -0.3 is 20.6 Å². The molecule has 0 unspecified atom stereocenters. The van der Waals surface area contributed by atoms with Crippen molar-refractivity contribution in [1.29, 1.82) is 0 Å². The third-order valence-corrected chi connectivity index (χ3v) is 3.06. The molecule has 3 rings (SSSR count). The fraction of sp³-hybridized carbons (Fsp3) is 0.0667. The van der Waals surface area contributed by atoms with Gasteiger partial charge in [0.2, 0.25) is 0 Å². The molecule has 6 heteroatoms. The Bertz CT molecular complexity index is 777. The number of carbonyl (C=O) groups is 1. The minimum Gasteiger partial charge on any atom is -0.455 e. The maximum Gasteiger partial charge on any atom is 0.340 e. The zero-order chi connectivity index (χ0) is 14.8. The highest BCUT2D eigenvalue weighted by molar-refractivity contribution is 5.95. The summed E-state index contributed by atoms with van der Waals surface area (Å²) in [6.07, 6.45) is 3.70. The molecule has 0 saturated carbocycles. The lowest BCUT2D eigenvalue weighted by molar-refractivity contribution is 0.0469. The van der Waals surface area contributed by atoms with Gasteiger partial charge in [-0.3, -0.25) is 0 Å². The van der Waals surface area contributed by atoms with Crippen LogP contribution in [0.3, 0.4) is 0 Å². The Morgan fingerprint density at radius 2 is 2.10 bits per heavy atom. The molecule has 2 aromatic heterocycles. The molecule has 0 saturated heterocycles. The van der Waals surface area contributed by atoms with Gasteiger partial charge in [-0.25, -0.2) is 9.78 Å². The number of benzene rings is 1. The molecule has 3 aromatic rings. The second-order valence-electron chi connectivity index (χ2n) is 4.62. The van der Waals surface area contributed by atoms with Gasteiger partial charge in [0, 0.05) is 23.8 Å². The van der Waals surface area contributed by atoms with Gasteiger partial charge >= 0.3 is 5.97 Å². The second-order valence-corrected chi connectivity index (χ2v) is 4.62. The van der Waals surface area contributed by atoms with Gasteiger partial charge in [-0.2, -0.15) is 0 Å². The average molecular weight is 282 g/mol. The first kappa shape index (κ1) is 13.0. The smallest absolute Gasteiger partial charge is 0.340 e. The average Bonchev–Trinajstić information content (AvgIpc) is 2.87. The van der Waals surface area contributed by atoms with Crippen LogP contribution in [0.1, 0.15) is 16.1 Å². The molecule has 106 valence electrons. The molecule has 6 nitrogen and oxygen atoms in total. The van der Waals surface area contributed by atoms with Crippen LogP contribution in [0.15, 0.2) is 48.8 Å². The van der Waals surface area contributed by atoms with Crippen molar-refractivity contribution < 1.29 is 9.53 Å². The van der Waals surface area contributed by atoms with E-state index in [1.807, 2.05) is 35.0 Å². The monoisotopic (exact) mass is 282 g/mol. The first-order chi connectivity index (χ1) is 10.1. The zero-order valence-electron chi connectivity index (χ0n) is 11.2. The number of nitrogens with two attached hydrogens (primary N) is 2. The quantitative estimate of drug-likeness (QED) is 0.564. The molecule has 0 aliphatic rings. The molecule has 0 aliphatic heterocycles. The highest BCUT2D eigenvalue weighted by atomic mass is 16.5. The number of anilines is 2. The summed E-state index contributed by atoms with van der Waals surface area (Å²) in [6.45, 7) is 0.0876. The van der Waals surface area contributed by atoms with Crippen LogP contribution in [0.4, 0.5) is 11.4 Å². The summed E-state index contributed by atoms with van der Waals surface area (Å²) in [7, 11) is 0. The molecule has 2 heterocycles. The number of aromatic nitrogens is 2. The normalized spacial score (nSPS) is 10.7. The number of esters is 1. The fourth-order valence-electron chi connectivity index (χ4n) is 2.04. The number of nitrogens with zero attached hydrogens (tertiary/aromatic N) is 2. The molecule has 0 atom stereocenters. The number of hydrogen-bond donors (Lipinski definition) is 2. The molecule has 0 radical (unpaired) electrons. The Morgan fingerprint density at radius 3 is 2.86 bits per heavy atom. The van der Waals surface area contributed by atoms with Crippen LogP contribution >= 0.6 is 0 Å². The number of imidazole rings is 1. The Hall–Kier alpha value is -3.02. The van der Waals surface area contributed by atoms with Crippen LogP contribution in [-0.2, 0) is 11.3 Å². The SMILES string of the molecule is Nc1ccc(C(=O)OCc2cn3ccccc3n2)c(N)c1. The predicted octanol–water partition coefficient (Wildman–Crippen LogP) is 1.86. The van der Waals surface area contributed by atoms with E-state index in [2.05, 4.69) is 4.98 Å². The van der Waals surface area contributed by atoms with Crippen LogP contribution in [0.2, 0.25) is 0 Å². The van der Waals surface area contributed by atoms with Gasteiger partial charge in [-0.1, -0.05) is 6.07 Å². The fourth-order valence-corrected chi connectivity index (χ4v) is 2.04. The van der Waals surface area contributed by atoms with Crippen molar-refractivity contribution in [3.63, 3.8) is 0 Å². The lowest BCUT2D eigenvalue weighted by Gasteiger charge is -2.06. The molecule has 0 amide bonds. The predicted molar refractivity (Wildman–Crippen MR) is 79.6 cm³/mol.